The second-order valence-corrected chi connectivity index (χ2v) is 7.76. The van der Waals surface area contributed by atoms with Gasteiger partial charge in [0.15, 0.2) is 0 Å². The number of carbonyl (C=O) groups is 2. The summed E-state index contributed by atoms with van der Waals surface area (Å²) in [6.45, 7) is 2.35. The number of carbonyl (C=O) groups excluding carboxylic acids is 1. The second-order valence-electron chi connectivity index (χ2n) is 5.96. The summed E-state index contributed by atoms with van der Waals surface area (Å²) in [6, 6.07) is 14.7. The van der Waals surface area contributed by atoms with Crippen molar-refractivity contribution in [2.75, 3.05) is 5.32 Å². The summed E-state index contributed by atoms with van der Waals surface area (Å²) in [5.41, 5.74) is 3.53. The third kappa shape index (κ3) is 4.75. The highest BCUT2D eigenvalue weighted by molar-refractivity contribution is 9.10. The minimum atomic E-state index is -1.08. The molecule has 0 fully saturated rings. The molecule has 0 radical (unpaired) electrons. The van der Waals surface area contributed by atoms with Crippen LogP contribution in [-0.2, 0) is 6.54 Å². The van der Waals surface area contributed by atoms with Gasteiger partial charge in [0.25, 0.3) is 0 Å². The number of carboxylic acids is 1. The Kier molecular flexibility index (Phi) is 5.93. The number of hydrogen-bond acceptors (Lipinski definition) is 3. The molecular formula is C20H17BrN2O3S. The molecule has 138 valence electrons. The molecule has 0 unspecified atom stereocenters. The molecule has 0 atom stereocenters. The Morgan fingerprint density at radius 1 is 1.15 bits per heavy atom. The Balaban J connectivity index is 1.75. The number of aromatic carboxylic acids is 1. The first-order valence-electron chi connectivity index (χ1n) is 8.15. The third-order valence-electron chi connectivity index (χ3n) is 3.92. The summed E-state index contributed by atoms with van der Waals surface area (Å²) in [7, 11) is 0. The minimum Gasteiger partial charge on any atom is -0.478 e. The highest BCUT2D eigenvalue weighted by Crippen LogP contribution is 2.36. The lowest BCUT2D eigenvalue weighted by Gasteiger charge is -2.08. The SMILES string of the molecule is Cc1cccc(CNC(=O)Nc2scc(-c3ccc(Br)cc3)c2C(=O)O)c1. The van der Waals surface area contributed by atoms with Crippen LogP contribution in [-0.4, -0.2) is 17.1 Å². The zero-order chi connectivity index (χ0) is 19.4. The first-order valence-corrected chi connectivity index (χ1v) is 9.82. The van der Waals surface area contributed by atoms with Gasteiger partial charge in [0.1, 0.15) is 10.6 Å². The van der Waals surface area contributed by atoms with Crippen LogP contribution in [0.15, 0.2) is 58.4 Å². The summed E-state index contributed by atoms with van der Waals surface area (Å²) < 4.78 is 0.909. The van der Waals surface area contributed by atoms with E-state index in [1.54, 1.807) is 5.38 Å². The van der Waals surface area contributed by atoms with Gasteiger partial charge in [-0.15, -0.1) is 11.3 Å². The van der Waals surface area contributed by atoms with Gasteiger partial charge in [0.2, 0.25) is 0 Å². The van der Waals surface area contributed by atoms with Crippen molar-refractivity contribution in [3.05, 3.63) is 75.1 Å². The molecule has 5 nitrogen and oxygen atoms in total. The largest absolute Gasteiger partial charge is 0.478 e. The Labute approximate surface area is 169 Å². The number of carboxylic acid groups (broad SMARTS) is 1. The molecule has 0 aliphatic rings. The van der Waals surface area contributed by atoms with Crippen molar-refractivity contribution in [1.82, 2.24) is 5.32 Å². The molecular weight excluding hydrogens is 428 g/mol. The van der Waals surface area contributed by atoms with Gasteiger partial charge in [-0.1, -0.05) is 57.9 Å². The number of nitrogens with one attached hydrogen (secondary N) is 2. The molecule has 1 heterocycles. The van der Waals surface area contributed by atoms with E-state index in [1.165, 1.54) is 11.3 Å². The molecule has 2 amide bonds. The standard InChI is InChI=1S/C20H17BrN2O3S/c1-12-3-2-4-13(9-12)10-22-20(26)23-18-17(19(24)25)16(11-27-18)14-5-7-15(21)8-6-14/h2-9,11H,10H2,1H3,(H,24,25)(H2,22,23,26). The predicted molar refractivity (Wildman–Crippen MR) is 111 cm³/mol. The summed E-state index contributed by atoms with van der Waals surface area (Å²) in [6.07, 6.45) is 0. The maximum Gasteiger partial charge on any atom is 0.339 e. The number of anilines is 1. The third-order valence-corrected chi connectivity index (χ3v) is 5.35. The maximum atomic E-state index is 12.2. The average Bonchev–Trinajstić information content (AvgIpc) is 3.04. The van der Waals surface area contributed by atoms with Crippen molar-refractivity contribution in [2.24, 2.45) is 0 Å². The van der Waals surface area contributed by atoms with E-state index in [-0.39, 0.29) is 5.56 Å². The number of amides is 2. The zero-order valence-electron chi connectivity index (χ0n) is 14.5. The smallest absolute Gasteiger partial charge is 0.339 e. The molecule has 0 saturated carbocycles. The number of aryl methyl sites for hydroxylation is 1. The lowest BCUT2D eigenvalue weighted by atomic mass is 10.0. The van der Waals surface area contributed by atoms with Crippen molar-refractivity contribution >= 4 is 44.3 Å². The number of rotatable bonds is 5. The molecule has 0 saturated heterocycles. The molecule has 3 N–H and O–H groups in total. The Morgan fingerprint density at radius 3 is 2.56 bits per heavy atom. The Bertz CT molecular complexity index is 983. The van der Waals surface area contributed by atoms with E-state index in [0.29, 0.717) is 17.1 Å². The van der Waals surface area contributed by atoms with Gasteiger partial charge in [-0.05, 0) is 30.2 Å². The number of halogens is 1. The summed E-state index contributed by atoms with van der Waals surface area (Å²) in [4.78, 5) is 24.0. The van der Waals surface area contributed by atoms with E-state index in [1.807, 2.05) is 55.5 Å². The van der Waals surface area contributed by atoms with E-state index < -0.39 is 12.0 Å². The van der Waals surface area contributed by atoms with Crippen LogP contribution < -0.4 is 10.6 Å². The fraction of sp³-hybridized carbons (Fsp3) is 0.100. The lowest BCUT2D eigenvalue weighted by molar-refractivity contribution is 0.0699. The minimum absolute atomic E-state index is 0.0908. The fourth-order valence-electron chi connectivity index (χ4n) is 2.66. The Hall–Kier alpha value is -2.64. The molecule has 0 bridgehead atoms. The van der Waals surface area contributed by atoms with Gasteiger partial charge >= 0.3 is 12.0 Å². The molecule has 3 aromatic rings. The predicted octanol–water partition coefficient (Wildman–Crippen LogP) is 5.51. The van der Waals surface area contributed by atoms with Crippen LogP contribution in [0.1, 0.15) is 21.5 Å². The van der Waals surface area contributed by atoms with E-state index in [4.69, 9.17) is 0 Å². The van der Waals surface area contributed by atoms with Gasteiger partial charge in [-0.25, -0.2) is 9.59 Å². The normalized spacial score (nSPS) is 10.4. The van der Waals surface area contributed by atoms with Gasteiger partial charge in [-0.3, -0.25) is 5.32 Å². The second kappa shape index (κ2) is 8.37. The molecule has 7 heteroatoms. The zero-order valence-corrected chi connectivity index (χ0v) is 16.9. The van der Waals surface area contributed by atoms with E-state index in [2.05, 4.69) is 26.6 Å². The Morgan fingerprint density at radius 2 is 1.89 bits per heavy atom. The van der Waals surface area contributed by atoms with Gasteiger partial charge < -0.3 is 10.4 Å². The van der Waals surface area contributed by atoms with Crippen molar-refractivity contribution in [3.63, 3.8) is 0 Å². The fourth-order valence-corrected chi connectivity index (χ4v) is 3.88. The van der Waals surface area contributed by atoms with Crippen LogP contribution in [0.5, 0.6) is 0 Å². The average molecular weight is 445 g/mol. The molecule has 27 heavy (non-hydrogen) atoms. The van der Waals surface area contributed by atoms with Gasteiger partial charge in [0.05, 0.1) is 0 Å². The van der Waals surface area contributed by atoms with Gasteiger partial charge in [-0.2, -0.15) is 0 Å². The van der Waals surface area contributed by atoms with Crippen LogP contribution in [0.3, 0.4) is 0 Å². The number of benzene rings is 2. The summed E-state index contributed by atoms with van der Waals surface area (Å²) >= 11 is 4.56. The number of hydrogen-bond donors (Lipinski definition) is 3. The van der Waals surface area contributed by atoms with E-state index in [9.17, 15) is 14.7 Å². The lowest BCUT2D eigenvalue weighted by Crippen LogP contribution is -2.28. The highest BCUT2D eigenvalue weighted by Gasteiger charge is 2.21. The van der Waals surface area contributed by atoms with Crippen molar-refractivity contribution in [2.45, 2.75) is 13.5 Å². The quantitative estimate of drug-likeness (QED) is 0.485. The van der Waals surface area contributed by atoms with E-state index >= 15 is 0 Å². The molecule has 2 aromatic carbocycles. The van der Waals surface area contributed by atoms with Crippen LogP contribution in [0, 0.1) is 6.92 Å². The molecule has 0 spiro atoms. The summed E-state index contributed by atoms with van der Waals surface area (Å²) in [5.74, 6) is -1.08. The first kappa shape index (κ1) is 19.1. The molecule has 0 aliphatic carbocycles. The number of urea groups is 1. The topological polar surface area (TPSA) is 78.4 Å². The molecule has 0 aliphatic heterocycles. The molecule has 3 rings (SSSR count). The number of thiophene rings is 1. The van der Waals surface area contributed by atoms with Crippen molar-refractivity contribution in [3.8, 4) is 11.1 Å². The maximum absolute atomic E-state index is 12.2. The highest BCUT2D eigenvalue weighted by atomic mass is 79.9. The van der Waals surface area contributed by atoms with Crippen LogP contribution >= 0.6 is 27.3 Å². The van der Waals surface area contributed by atoms with Crippen molar-refractivity contribution in [1.29, 1.82) is 0 Å². The van der Waals surface area contributed by atoms with Crippen LogP contribution in [0.25, 0.3) is 11.1 Å². The van der Waals surface area contributed by atoms with Gasteiger partial charge in [0, 0.05) is 22.0 Å². The summed E-state index contributed by atoms with van der Waals surface area (Å²) in [5, 5.41) is 17.1. The monoisotopic (exact) mass is 444 g/mol. The van der Waals surface area contributed by atoms with E-state index in [0.717, 1.165) is 21.2 Å². The van der Waals surface area contributed by atoms with Crippen LogP contribution in [0.4, 0.5) is 9.80 Å². The first-order chi connectivity index (χ1) is 12.9. The van der Waals surface area contributed by atoms with Crippen LogP contribution in [0.2, 0.25) is 0 Å². The van der Waals surface area contributed by atoms with Crippen molar-refractivity contribution < 1.29 is 14.7 Å². The molecule has 1 aromatic heterocycles.